The van der Waals surface area contributed by atoms with Gasteiger partial charge in [-0.1, -0.05) is 42.7 Å². The first-order chi connectivity index (χ1) is 16.5. The first-order valence-electron chi connectivity index (χ1n) is 11.3. The van der Waals surface area contributed by atoms with Crippen LogP contribution in [0.2, 0.25) is 0 Å². The van der Waals surface area contributed by atoms with Crippen molar-refractivity contribution in [1.29, 1.82) is 0 Å². The van der Waals surface area contributed by atoms with Crippen molar-refractivity contribution in [3.8, 4) is 11.6 Å². The molecule has 34 heavy (non-hydrogen) atoms. The predicted octanol–water partition coefficient (Wildman–Crippen LogP) is 2.18. The van der Waals surface area contributed by atoms with E-state index >= 15 is 0 Å². The number of hydrogen-bond acceptors (Lipinski definition) is 10. The molecule has 0 bridgehead atoms. The SMILES string of the molecule is C/C(COc1ccccc1)=N/NC(=O)c1nnn(-c2nonc2N)c1CN(C)C1CCCCC1. The van der Waals surface area contributed by atoms with E-state index in [1.807, 2.05) is 37.4 Å². The summed E-state index contributed by atoms with van der Waals surface area (Å²) in [6.45, 7) is 2.42. The fourth-order valence-corrected chi connectivity index (χ4v) is 3.95. The molecular weight excluding hydrogens is 438 g/mol. The van der Waals surface area contributed by atoms with Crippen molar-refractivity contribution in [1.82, 2.24) is 35.6 Å². The van der Waals surface area contributed by atoms with E-state index in [1.165, 1.54) is 23.9 Å². The number of nitrogens with one attached hydrogen (secondary N) is 1. The van der Waals surface area contributed by atoms with Gasteiger partial charge in [0.25, 0.3) is 5.91 Å². The van der Waals surface area contributed by atoms with Gasteiger partial charge in [-0.25, -0.2) is 10.1 Å². The molecular formula is C22H29N9O3. The van der Waals surface area contributed by atoms with Gasteiger partial charge in [0.1, 0.15) is 12.4 Å². The van der Waals surface area contributed by atoms with E-state index in [-0.39, 0.29) is 23.9 Å². The van der Waals surface area contributed by atoms with E-state index in [2.05, 4.69) is 36.1 Å². The second-order valence-corrected chi connectivity index (χ2v) is 8.37. The lowest BCUT2D eigenvalue weighted by Gasteiger charge is -2.31. The minimum atomic E-state index is -0.493. The van der Waals surface area contributed by atoms with Crippen LogP contribution in [0.15, 0.2) is 40.1 Å². The fraction of sp³-hybridized carbons (Fsp3) is 0.455. The molecule has 1 saturated carbocycles. The van der Waals surface area contributed by atoms with Crippen LogP contribution < -0.4 is 15.9 Å². The first kappa shape index (κ1) is 23.4. The minimum absolute atomic E-state index is 0.0605. The van der Waals surface area contributed by atoms with Crippen LogP contribution in [0.1, 0.15) is 55.2 Å². The number of carbonyl (C=O) groups is 1. The molecule has 1 aromatic carbocycles. The number of hydrogen-bond donors (Lipinski definition) is 2. The van der Waals surface area contributed by atoms with Gasteiger partial charge in [-0.3, -0.25) is 9.69 Å². The van der Waals surface area contributed by atoms with E-state index in [1.54, 1.807) is 6.92 Å². The third-order valence-electron chi connectivity index (χ3n) is 5.81. The normalized spacial score (nSPS) is 15.0. The highest BCUT2D eigenvalue weighted by molar-refractivity contribution is 5.94. The van der Waals surface area contributed by atoms with Crippen molar-refractivity contribution in [3.05, 3.63) is 41.7 Å². The first-order valence-corrected chi connectivity index (χ1v) is 11.3. The zero-order valence-electron chi connectivity index (χ0n) is 19.3. The summed E-state index contributed by atoms with van der Waals surface area (Å²) in [5.74, 6) is 0.477. The molecule has 2 aromatic heterocycles. The topological polar surface area (TPSA) is 150 Å². The monoisotopic (exact) mass is 467 g/mol. The van der Waals surface area contributed by atoms with Crippen LogP contribution in [0, 0.1) is 0 Å². The van der Waals surface area contributed by atoms with Crippen molar-refractivity contribution in [2.75, 3.05) is 19.4 Å². The van der Waals surface area contributed by atoms with Gasteiger partial charge in [0.2, 0.25) is 11.6 Å². The summed E-state index contributed by atoms with van der Waals surface area (Å²) in [7, 11) is 2.03. The standard InChI is InChI=1S/C22H29N9O3/c1-15(14-33-17-11-7-4-8-12-17)24-26-22(32)19-18(13-30(2)16-9-5-3-6-10-16)31(29-25-19)21-20(23)27-34-28-21/h4,7-8,11-12,16H,3,5-6,9-10,13-14H2,1-2H3,(H2,23,27)(H,26,32)/b24-15-. The van der Waals surface area contributed by atoms with E-state index < -0.39 is 5.91 Å². The molecule has 0 spiro atoms. The second-order valence-electron chi connectivity index (χ2n) is 8.37. The molecule has 4 rings (SSSR count). The van der Waals surface area contributed by atoms with Crippen LogP contribution >= 0.6 is 0 Å². The van der Waals surface area contributed by atoms with Gasteiger partial charge in [0.15, 0.2) is 5.69 Å². The van der Waals surface area contributed by atoms with Crippen LogP contribution in [0.4, 0.5) is 5.82 Å². The predicted molar refractivity (Wildman–Crippen MR) is 124 cm³/mol. The van der Waals surface area contributed by atoms with Crippen LogP contribution in [0.25, 0.3) is 5.82 Å². The average molecular weight is 468 g/mol. The number of nitrogen functional groups attached to an aromatic ring is 1. The van der Waals surface area contributed by atoms with Crippen LogP contribution in [-0.4, -0.2) is 61.5 Å². The number of anilines is 1. The molecule has 0 saturated heterocycles. The summed E-state index contributed by atoms with van der Waals surface area (Å²) in [6, 6.07) is 9.79. The Morgan fingerprint density at radius 1 is 1.26 bits per heavy atom. The number of rotatable bonds is 9. The Hall–Kier alpha value is -3.80. The molecule has 1 aliphatic rings. The molecule has 1 amide bonds. The minimum Gasteiger partial charge on any atom is -0.488 e. The highest BCUT2D eigenvalue weighted by atomic mass is 16.6. The zero-order valence-corrected chi connectivity index (χ0v) is 19.3. The Kier molecular flexibility index (Phi) is 7.48. The van der Waals surface area contributed by atoms with Crippen LogP contribution in [0.5, 0.6) is 5.75 Å². The number of benzene rings is 1. The zero-order chi connectivity index (χ0) is 23.9. The van der Waals surface area contributed by atoms with Crippen molar-refractivity contribution in [2.24, 2.45) is 5.10 Å². The third kappa shape index (κ3) is 5.57. The number of para-hydroxylation sites is 1. The summed E-state index contributed by atoms with van der Waals surface area (Å²) in [5.41, 5.74) is 9.67. The molecule has 0 aliphatic heterocycles. The third-order valence-corrected chi connectivity index (χ3v) is 5.81. The Morgan fingerprint density at radius 2 is 2.03 bits per heavy atom. The maximum atomic E-state index is 13.0. The Morgan fingerprint density at radius 3 is 2.74 bits per heavy atom. The van der Waals surface area contributed by atoms with Gasteiger partial charge in [0.05, 0.1) is 11.4 Å². The van der Waals surface area contributed by atoms with Gasteiger partial charge < -0.3 is 10.5 Å². The lowest BCUT2D eigenvalue weighted by Crippen LogP contribution is -2.34. The molecule has 0 unspecified atom stereocenters. The molecule has 180 valence electrons. The number of nitrogens with two attached hydrogens (primary N) is 1. The van der Waals surface area contributed by atoms with Gasteiger partial charge in [-0.15, -0.1) is 5.10 Å². The highest BCUT2D eigenvalue weighted by Crippen LogP contribution is 2.24. The summed E-state index contributed by atoms with van der Waals surface area (Å²) in [4.78, 5) is 15.2. The smallest absolute Gasteiger partial charge is 0.293 e. The van der Waals surface area contributed by atoms with E-state index in [0.717, 1.165) is 18.6 Å². The number of nitrogens with zero attached hydrogens (tertiary/aromatic N) is 7. The van der Waals surface area contributed by atoms with E-state index in [0.29, 0.717) is 24.0 Å². The maximum absolute atomic E-state index is 13.0. The summed E-state index contributed by atoms with van der Waals surface area (Å²) in [6.07, 6.45) is 5.86. The molecule has 0 radical (unpaired) electrons. The number of amides is 1. The highest BCUT2D eigenvalue weighted by Gasteiger charge is 2.27. The molecule has 3 N–H and O–H groups in total. The summed E-state index contributed by atoms with van der Waals surface area (Å²) < 4.78 is 11.8. The van der Waals surface area contributed by atoms with Crippen molar-refractivity contribution < 1.29 is 14.2 Å². The molecule has 12 heteroatoms. The quantitative estimate of drug-likeness (QED) is 0.356. The van der Waals surface area contributed by atoms with Gasteiger partial charge in [-0.2, -0.15) is 9.78 Å². The Bertz CT molecular complexity index is 1120. The number of hydrazone groups is 1. The Balaban J connectivity index is 1.50. The Labute approximate surface area is 197 Å². The van der Waals surface area contributed by atoms with E-state index in [9.17, 15) is 4.79 Å². The number of carbonyl (C=O) groups excluding carboxylic acids is 1. The van der Waals surface area contributed by atoms with Gasteiger partial charge >= 0.3 is 0 Å². The summed E-state index contributed by atoms with van der Waals surface area (Å²) in [5, 5.41) is 19.8. The number of aromatic nitrogens is 5. The lowest BCUT2D eigenvalue weighted by molar-refractivity contribution is 0.0946. The van der Waals surface area contributed by atoms with Gasteiger partial charge in [0, 0.05) is 12.6 Å². The molecule has 3 aromatic rings. The van der Waals surface area contributed by atoms with Crippen molar-refractivity contribution >= 4 is 17.4 Å². The average Bonchev–Trinajstić information content (AvgIpc) is 3.48. The lowest BCUT2D eigenvalue weighted by atomic mass is 9.94. The summed E-state index contributed by atoms with van der Waals surface area (Å²) >= 11 is 0. The van der Waals surface area contributed by atoms with Crippen LogP contribution in [0.3, 0.4) is 0 Å². The molecule has 12 nitrogen and oxygen atoms in total. The molecule has 2 heterocycles. The molecule has 1 aliphatic carbocycles. The number of ether oxygens (including phenoxy) is 1. The van der Waals surface area contributed by atoms with E-state index in [4.69, 9.17) is 15.1 Å². The van der Waals surface area contributed by atoms with Crippen LogP contribution in [-0.2, 0) is 6.54 Å². The van der Waals surface area contributed by atoms with Crippen molar-refractivity contribution in [3.63, 3.8) is 0 Å². The largest absolute Gasteiger partial charge is 0.488 e. The fourth-order valence-electron chi connectivity index (χ4n) is 3.95. The molecule has 0 atom stereocenters. The maximum Gasteiger partial charge on any atom is 0.293 e. The van der Waals surface area contributed by atoms with Gasteiger partial charge in [-0.05, 0) is 49.3 Å². The second kappa shape index (κ2) is 10.9. The molecule has 1 fully saturated rings. The van der Waals surface area contributed by atoms with Crippen molar-refractivity contribution in [2.45, 2.75) is 51.6 Å².